The fourth-order valence-electron chi connectivity index (χ4n) is 3.96. The fourth-order valence-corrected chi connectivity index (χ4v) is 4.93. The van der Waals surface area contributed by atoms with E-state index in [2.05, 4.69) is 21.8 Å². The van der Waals surface area contributed by atoms with Crippen molar-refractivity contribution in [3.05, 3.63) is 53.0 Å². The normalized spacial score (nSPS) is 17.1. The smallest absolute Gasteiger partial charge is 0.410 e. The molecule has 1 aromatic heterocycles. The van der Waals surface area contributed by atoms with Crippen molar-refractivity contribution in [1.29, 1.82) is 0 Å². The summed E-state index contributed by atoms with van der Waals surface area (Å²) in [6.45, 7) is 7.98. The molecule has 0 aliphatic carbocycles. The first kappa shape index (κ1) is 22.3. The number of piperidine rings is 1. The molecule has 3 heterocycles. The number of carbonyl (C=O) groups excluding carboxylic acids is 2. The van der Waals surface area contributed by atoms with Crippen LogP contribution in [-0.2, 0) is 9.47 Å². The first-order valence-corrected chi connectivity index (χ1v) is 11.7. The number of hydrogen-bond donors (Lipinski definition) is 1. The Labute approximate surface area is 191 Å². The highest BCUT2D eigenvalue weighted by Gasteiger charge is 2.27. The second kappa shape index (κ2) is 10.6. The molecule has 0 unspecified atom stereocenters. The van der Waals surface area contributed by atoms with Gasteiger partial charge in [0.2, 0.25) is 0 Å². The number of rotatable bonds is 6. The van der Waals surface area contributed by atoms with Crippen LogP contribution in [0, 0.1) is 0 Å². The van der Waals surface area contributed by atoms with Crippen LogP contribution in [-0.4, -0.2) is 67.9 Å². The largest absolute Gasteiger partial charge is 0.445 e. The summed E-state index contributed by atoms with van der Waals surface area (Å²) in [7, 11) is 0. The molecule has 2 fully saturated rings. The molecule has 2 aromatic rings. The van der Waals surface area contributed by atoms with E-state index in [-0.39, 0.29) is 24.5 Å². The molecule has 2 aliphatic heterocycles. The van der Waals surface area contributed by atoms with E-state index in [1.807, 2.05) is 29.6 Å². The maximum absolute atomic E-state index is 12.9. The van der Waals surface area contributed by atoms with E-state index < -0.39 is 0 Å². The molecule has 0 saturated carbocycles. The number of hydrogen-bond acceptors (Lipinski definition) is 7. The second-order valence-electron chi connectivity index (χ2n) is 7.77. The zero-order chi connectivity index (χ0) is 22.3. The van der Waals surface area contributed by atoms with Gasteiger partial charge in [-0.3, -0.25) is 4.79 Å². The number of amides is 2. The molecule has 0 bridgehead atoms. The highest BCUT2D eigenvalue weighted by Crippen LogP contribution is 2.31. The van der Waals surface area contributed by atoms with Crippen LogP contribution in [0.4, 0.5) is 16.2 Å². The third kappa shape index (κ3) is 5.28. The van der Waals surface area contributed by atoms with Gasteiger partial charge in [0.15, 0.2) is 0 Å². The fraction of sp³-hybridized carbons (Fsp3) is 0.435. The Morgan fingerprint density at radius 2 is 1.97 bits per heavy atom. The molecule has 2 amide bonds. The number of aromatic nitrogens is 1. The number of thiazole rings is 1. The van der Waals surface area contributed by atoms with Gasteiger partial charge in [-0.2, -0.15) is 0 Å². The van der Waals surface area contributed by atoms with Crippen LogP contribution >= 0.6 is 11.3 Å². The molecule has 4 rings (SSSR count). The summed E-state index contributed by atoms with van der Waals surface area (Å²) < 4.78 is 10.5. The Balaban J connectivity index is 1.36. The van der Waals surface area contributed by atoms with Crippen molar-refractivity contribution in [2.75, 3.05) is 56.2 Å². The summed E-state index contributed by atoms with van der Waals surface area (Å²) in [5.74, 6) is 0.0317. The van der Waals surface area contributed by atoms with E-state index in [9.17, 15) is 9.59 Å². The average Bonchev–Trinajstić information content (AvgIpc) is 3.34. The van der Waals surface area contributed by atoms with E-state index in [4.69, 9.17) is 9.47 Å². The van der Waals surface area contributed by atoms with Gasteiger partial charge in [-0.05, 0) is 25.0 Å². The van der Waals surface area contributed by atoms with Crippen molar-refractivity contribution in [3.8, 4) is 0 Å². The number of morpholine rings is 1. The molecule has 0 atom stereocenters. The topological polar surface area (TPSA) is 84.0 Å². The molecule has 9 heteroatoms. The summed E-state index contributed by atoms with van der Waals surface area (Å²) in [4.78, 5) is 33.4. The first-order chi connectivity index (χ1) is 15.7. The Hall–Kier alpha value is -2.91. The van der Waals surface area contributed by atoms with Gasteiger partial charge in [0.25, 0.3) is 5.91 Å². The lowest BCUT2D eigenvalue weighted by Crippen LogP contribution is -2.38. The van der Waals surface area contributed by atoms with E-state index in [0.29, 0.717) is 32.0 Å². The number of ether oxygens (including phenoxy) is 2. The number of nitrogens with one attached hydrogen (secondary N) is 1. The molecule has 0 radical (unpaired) electrons. The van der Waals surface area contributed by atoms with Crippen LogP contribution in [0.2, 0.25) is 0 Å². The lowest BCUT2D eigenvalue weighted by molar-refractivity contribution is 0.102. The second-order valence-corrected chi connectivity index (χ2v) is 8.66. The lowest BCUT2D eigenvalue weighted by Gasteiger charge is -2.30. The van der Waals surface area contributed by atoms with Crippen molar-refractivity contribution in [3.63, 3.8) is 0 Å². The summed E-state index contributed by atoms with van der Waals surface area (Å²) in [5.41, 5.74) is 2.20. The number of anilines is 2. The van der Waals surface area contributed by atoms with Crippen LogP contribution in [0.15, 0.2) is 42.3 Å². The third-order valence-electron chi connectivity index (χ3n) is 5.69. The minimum atomic E-state index is -0.304. The molecular formula is C23H28N4O4S. The van der Waals surface area contributed by atoms with Crippen LogP contribution in [0.25, 0.3) is 0 Å². The highest BCUT2D eigenvalue weighted by atomic mass is 32.1. The SMILES string of the molecule is C=CCOC(=O)N1CCC(c2nc(C(=O)Nc3ccccc3N3CCOCC3)cs2)CC1. The zero-order valence-corrected chi connectivity index (χ0v) is 18.8. The standard InChI is InChI=1S/C23H28N4O4S/c1-2-13-31-23(29)27-9-7-17(8-10-27)22-25-19(16-32-22)21(28)24-18-5-3-4-6-20(18)26-11-14-30-15-12-26/h2-6,16-17H,1,7-15H2,(H,24,28). The van der Waals surface area contributed by atoms with E-state index in [1.165, 1.54) is 11.3 Å². The number of para-hydroxylation sites is 2. The summed E-state index contributed by atoms with van der Waals surface area (Å²) in [5, 5.41) is 5.78. The average molecular weight is 457 g/mol. The Kier molecular flexibility index (Phi) is 7.39. The van der Waals surface area contributed by atoms with Crippen LogP contribution in [0.1, 0.15) is 34.3 Å². The van der Waals surface area contributed by atoms with Gasteiger partial charge in [0.05, 0.1) is 29.6 Å². The van der Waals surface area contributed by atoms with Crippen molar-refractivity contribution >= 4 is 34.7 Å². The van der Waals surface area contributed by atoms with Gasteiger partial charge in [-0.1, -0.05) is 24.8 Å². The highest BCUT2D eigenvalue weighted by molar-refractivity contribution is 7.10. The van der Waals surface area contributed by atoms with Gasteiger partial charge >= 0.3 is 6.09 Å². The molecule has 8 nitrogen and oxygen atoms in total. The Morgan fingerprint density at radius 1 is 1.22 bits per heavy atom. The lowest BCUT2D eigenvalue weighted by atomic mass is 9.98. The predicted octanol–water partition coefficient (Wildman–Crippen LogP) is 3.73. The predicted molar refractivity (Wildman–Crippen MR) is 125 cm³/mol. The molecule has 2 aliphatic rings. The molecule has 1 N–H and O–H groups in total. The van der Waals surface area contributed by atoms with Gasteiger partial charge in [0, 0.05) is 37.5 Å². The van der Waals surface area contributed by atoms with Gasteiger partial charge in [-0.15, -0.1) is 11.3 Å². The Bertz CT molecular complexity index is 949. The number of carbonyl (C=O) groups is 2. The van der Waals surface area contributed by atoms with Gasteiger partial charge < -0.3 is 24.6 Å². The van der Waals surface area contributed by atoms with Gasteiger partial charge in [-0.25, -0.2) is 9.78 Å². The van der Waals surface area contributed by atoms with E-state index in [0.717, 1.165) is 42.3 Å². The van der Waals surface area contributed by atoms with E-state index in [1.54, 1.807) is 11.0 Å². The molecule has 32 heavy (non-hydrogen) atoms. The molecule has 0 spiro atoms. The van der Waals surface area contributed by atoms with E-state index >= 15 is 0 Å². The molecular weight excluding hydrogens is 428 g/mol. The van der Waals surface area contributed by atoms with Gasteiger partial charge in [0.1, 0.15) is 12.3 Å². The summed E-state index contributed by atoms with van der Waals surface area (Å²) >= 11 is 1.50. The summed E-state index contributed by atoms with van der Waals surface area (Å²) in [6.07, 6.45) is 2.86. The van der Waals surface area contributed by atoms with Crippen LogP contribution in [0.3, 0.4) is 0 Å². The monoisotopic (exact) mass is 456 g/mol. The number of likely N-dealkylation sites (tertiary alicyclic amines) is 1. The van der Waals surface area contributed by atoms with Crippen molar-refractivity contribution < 1.29 is 19.1 Å². The van der Waals surface area contributed by atoms with Crippen LogP contribution in [0.5, 0.6) is 0 Å². The molecule has 1 aromatic carbocycles. The zero-order valence-electron chi connectivity index (χ0n) is 18.0. The van der Waals surface area contributed by atoms with Crippen molar-refractivity contribution in [2.24, 2.45) is 0 Å². The van der Waals surface area contributed by atoms with Crippen molar-refractivity contribution in [1.82, 2.24) is 9.88 Å². The quantitative estimate of drug-likeness (QED) is 0.667. The number of benzene rings is 1. The van der Waals surface area contributed by atoms with Crippen molar-refractivity contribution in [2.45, 2.75) is 18.8 Å². The molecule has 2 saturated heterocycles. The Morgan fingerprint density at radius 3 is 2.72 bits per heavy atom. The molecule has 170 valence electrons. The number of nitrogens with zero attached hydrogens (tertiary/aromatic N) is 3. The van der Waals surface area contributed by atoms with Crippen LogP contribution < -0.4 is 10.2 Å². The first-order valence-electron chi connectivity index (χ1n) is 10.9. The third-order valence-corrected chi connectivity index (χ3v) is 6.69. The minimum absolute atomic E-state index is 0.210. The maximum atomic E-state index is 12.9. The summed E-state index contributed by atoms with van der Waals surface area (Å²) in [6, 6.07) is 7.82. The maximum Gasteiger partial charge on any atom is 0.410 e. The minimum Gasteiger partial charge on any atom is -0.445 e.